The molecule has 1 atom stereocenters. The molecule has 0 bridgehead atoms. The number of nitrogens with zero attached hydrogens (tertiary/aromatic N) is 2. The molecule has 2 aromatic carbocycles. The molecule has 0 fully saturated rings. The second-order valence-electron chi connectivity index (χ2n) is 9.04. The van der Waals surface area contributed by atoms with E-state index in [4.69, 9.17) is 0 Å². The number of rotatable bonds is 9. The summed E-state index contributed by atoms with van der Waals surface area (Å²) in [7, 11) is 0. The average Bonchev–Trinajstić information content (AvgIpc) is 3.07. The second-order valence-corrected chi connectivity index (χ2v) is 9.04. The quantitative estimate of drug-likeness (QED) is 0.359. The van der Waals surface area contributed by atoms with Gasteiger partial charge in [0.25, 0.3) is 0 Å². The van der Waals surface area contributed by atoms with Crippen molar-refractivity contribution in [1.29, 1.82) is 0 Å². The number of aliphatic imine (C=N–C) groups is 1. The summed E-state index contributed by atoms with van der Waals surface area (Å²) < 4.78 is 2.47. The maximum Gasteiger partial charge on any atom is 0.140 e. The summed E-state index contributed by atoms with van der Waals surface area (Å²) in [4.78, 5) is 4.26. The first-order valence-corrected chi connectivity index (χ1v) is 12.1. The highest BCUT2D eigenvalue weighted by Gasteiger charge is 2.18. The van der Waals surface area contributed by atoms with Crippen molar-refractivity contribution in [2.24, 2.45) is 10.9 Å². The van der Waals surface area contributed by atoms with Gasteiger partial charge in [0, 0.05) is 53.9 Å². The van der Waals surface area contributed by atoms with E-state index in [2.05, 4.69) is 77.3 Å². The Morgan fingerprint density at radius 2 is 1.83 bits per heavy atom. The first kappa shape index (κ1) is 26.7. The fraction of sp³-hybridized carbons (Fsp3) is 0.345. The molecule has 1 aliphatic rings. The molecule has 0 amide bonds. The van der Waals surface area contributed by atoms with Gasteiger partial charge < -0.3 is 20.1 Å². The van der Waals surface area contributed by atoms with Crippen molar-refractivity contribution in [2.75, 3.05) is 13.2 Å². The smallest absolute Gasteiger partial charge is 0.140 e. The number of nitrogens with one attached hydrogen (secondary N) is 1. The van der Waals surface area contributed by atoms with Gasteiger partial charge in [-0.05, 0) is 49.9 Å². The van der Waals surface area contributed by atoms with E-state index in [1.54, 1.807) is 13.1 Å². The van der Waals surface area contributed by atoms with Crippen LogP contribution in [0, 0.1) is 12.8 Å². The number of aliphatic hydroxyl groups is 2. The molecule has 1 aromatic heterocycles. The first-order chi connectivity index (χ1) is 16.5. The Kier molecular flexibility index (Phi) is 9.33. The standard InChI is InChI=1S/C29H35N3O2.ClH/c1-4-27-26(18-30-17-24-15-23(19-33)16-31-21(3)29(24)34)25-14-20(2)10-11-28(25)32(27)13-12-22-8-6-5-7-9-22;/h5-11,14-16,23,30,33-34H,4,12-13,17-19H2,1-3H3;1H. The van der Waals surface area contributed by atoms with Crippen LogP contribution in [0.25, 0.3) is 10.9 Å². The fourth-order valence-electron chi connectivity index (χ4n) is 4.78. The normalized spacial score (nSPS) is 15.8. The van der Waals surface area contributed by atoms with Crippen LogP contribution in [0.15, 0.2) is 76.6 Å². The van der Waals surface area contributed by atoms with Gasteiger partial charge >= 0.3 is 0 Å². The van der Waals surface area contributed by atoms with Crippen LogP contribution < -0.4 is 5.32 Å². The Morgan fingerprint density at radius 3 is 2.54 bits per heavy atom. The number of hydrogen-bond donors (Lipinski definition) is 3. The maximum absolute atomic E-state index is 10.6. The van der Waals surface area contributed by atoms with Crippen LogP contribution in [-0.4, -0.2) is 34.1 Å². The Labute approximate surface area is 214 Å². The number of aliphatic hydroxyl groups excluding tert-OH is 2. The van der Waals surface area contributed by atoms with Gasteiger partial charge in [0.05, 0.1) is 12.3 Å². The monoisotopic (exact) mass is 493 g/mol. The highest BCUT2D eigenvalue weighted by atomic mass is 35.5. The lowest BCUT2D eigenvalue weighted by Crippen LogP contribution is -2.20. The first-order valence-electron chi connectivity index (χ1n) is 12.1. The van der Waals surface area contributed by atoms with Gasteiger partial charge in [-0.1, -0.05) is 55.0 Å². The molecule has 186 valence electrons. The van der Waals surface area contributed by atoms with Gasteiger partial charge in [-0.15, -0.1) is 12.4 Å². The molecule has 4 rings (SSSR count). The third-order valence-corrected chi connectivity index (χ3v) is 6.59. The van der Waals surface area contributed by atoms with Gasteiger partial charge in [0.1, 0.15) is 5.76 Å². The molecule has 5 nitrogen and oxygen atoms in total. The molecule has 6 heteroatoms. The van der Waals surface area contributed by atoms with E-state index in [0.29, 0.717) is 18.8 Å². The van der Waals surface area contributed by atoms with E-state index < -0.39 is 0 Å². The Hall–Kier alpha value is -2.86. The molecule has 1 unspecified atom stereocenters. The lowest BCUT2D eigenvalue weighted by atomic mass is 10.1. The minimum absolute atomic E-state index is 0. The molecule has 0 radical (unpaired) electrons. The summed E-state index contributed by atoms with van der Waals surface area (Å²) in [6.45, 7) is 8.28. The van der Waals surface area contributed by atoms with E-state index >= 15 is 0 Å². The molecular formula is C29H36ClN3O2. The number of benzene rings is 2. The molecule has 0 saturated heterocycles. The van der Waals surface area contributed by atoms with Crippen LogP contribution in [0.3, 0.4) is 0 Å². The van der Waals surface area contributed by atoms with Gasteiger partial charge in [0.15, 0.2) is 0 Å². The summed E-state index contributed by atoms with van der Waals surface area (Å²) in [6.07, 6.45) is 5.53. The van der Waals surface area contributed by atoms with Crippen LogP contribution in [0.1, 0.15) is 36.2 Å². The molecule has 0 spiro atoms. The number of allylic oxidation sites excluding steroid dienone is 1. The predicted octanol–water partition coefficient (Wildman–Crippen LogP) is 5.68. The minimum Gasteiger partial charge on any atom is -0.506 e. The zero-order chi connectivity index (χ0) is 24.1. The van der Waals surface area contributed by atoms with Crippen molar-refractivity contribution in [1.82, 2.24) is 9.88 Å². The zero-order valence-electron chi connectivity index (χ0n) is 20.8. The highest BCUT2D eigenvalue weighted by Crippen LogP contribution is 2.29. The largest absolute Gasteiger partial charge is 0.506 e. The molecule has 2 heterocycles. The summed E-state index contributed by atoms with van der Waals surface area (Å²) in [5, 5.41) is 25.0. The fourth-order valence-corrected chi connectivity index (χ4v) is 4.78. The van der Waals surface area contributed by atoms with Crippen LogP contribution in [0.4, 0.5) is 0 Å². The van der Waals surface area contributed by atoms with E-state index in [1.807, 2.05) is 6.08 Å². The number of fused-ring (bicyclic) bond motifs is 1. The van der Waals surface area contributed by atoms with Crippen molar-refractivity contribution < 1.29 is 10.2 Å². The van der Waals surface area contributed by atoms with Gasteiger partial charge in [-0.2, -0.15) is 0 Å². The van der Waals surface area contributed by atoms with E-state index in [9.17, 15) is 10.2 Å². The lowest BCUT2D eigenvalue weighted by Gasteiger charge is -2.13. The molecule has 3 aromatic rings. The zero-order valence-corrected chi connectivity index (χ0v) is 21.6. The molecule has 1 aliphatic heterocycles. The van der Waals surface area contributed by atoms with Crippen LogP contribution in [-0.2, 0) is 25.9 Å². The third kappa shape index (κ3) is 6.04. The molecule has 0 saturated carbocycles. The SMILES string of the molecule is CCc1c(CNCC2=CC(CO)C=NC(C)=C2O)c2cc(C)ccc2n1CCc1ccccc1.Cl. The Bertz CT molecular complexity index is 1240. The summed E-state index contributed by atoms with van der Waals surface area (Å²) in [5.74, 6) is 0.00158. The highest BCUT2D eigenvalue weighted by molar-refractivity contribution is 5.86. The van der Waals surface area contributed by atoms with Gasteiger partial charge in [0.2, 0.25) is 0 Å². The van der Waals surface area contributed by atoms with Gasteiger partial charge in [-0.3, -0.25) is 4.99 Å². The number of aryl methyl sites for hydroxylation is 3. The number of aromatic nitrogens is 1. The van der Waals surface area contributed by atoms with Crippen molar-refractivity contribution in [3.8, 4) is 0 Å². The van der Waals surface area contributed by atoms with Crippen molar-refractivity contribution in [2.45, 2.75) is 46.7 Å². The summed E-state index contributed by atoms with van der Waals surface area (Å²) >= 11 is 0. The molecule has 35 heavy (non-hydrogen) atoms. The number of hydrogen-bond acceptors (Lipinski definition) is 4. The Balaban J connectivity index is 0.00000342. The summed E-state index contributed by atoms with van der Waals surface area (Å²) in [5.41, 5.74) is 7.89. The molecule has 3 N–H and O–H groups in total. The molecule has 0 aliphatic carbocycles. The van der Waals surface area contributed by atoms with Crippen LogP contribution >= 0.6 is 12.4 Å². The van der Waals surface area contributed by atoms with E-state index in [0.717, 1.165) is 25.0 Å². The maximum atomic E-state index is 10.6. The topological polar surface area (TPSA) is 69.8 Å². The number of halogens is 1. The van der Waals surface area contributed by atoms with Crippen molar-refractivity contribution in [3.63, 3.8) is 0 Å². The van der Waals surface area contributed by atoms with Crippen molar-refractivity contribution >= 4 is 29.5 Å². The minimum atomic E-state index is -0.190. The van der Waals surface area contributed by atoms with E-state index in [1.165, 1.54) is 33.3 Å². The van der Waals surface area contributed by atoms with Crippen LogP contribution in [0.2, 0.25) is 0 Å². The molecular weight excluding hydrogens is 458 g/mol. The van der Waals surface area contributed by atoms with E-state index in [-0.39, 0.29) is 30.7 Å². The predicted molar refractivity (Wildman–Crippen MR) is 148 cm³/mol. The second kappa shape index (κ2) is 12.2. The third-order valence-electron chi connectivity index (χ3n) is 6.59. The lowest BCUT2D eigenvalue weighted by molar-refractivity contribution is 0.282. The summed E-state index contributed by atoms with van der Waals surface area (Å²) in [6, 6.07) is 17.4. The van der Waals surface area contributed by atoms with Crippen LogP contribution in [0.5, 0.6) is 0 Å². The van der Waals surface area contributed by atoms with Crippen molar-refractivity contribution in [3.05, 3.63) is 94.0 Å². The van der Waals surface area contributed by atoms with Gasteiger partial charge in [-0.25, -0.2) is 0 Å². The average molecular weight is 494 g/mol. The Morgan fingerprint density at radius 1 is 1.06 bits per heavy atom.